The molecular weight excluding hydrogens is 266 g/mol. The fourth-order valence-electron chi connectivity index (χ4n) is 2.27. The lowest BCUT2D eigenvalue weighted by atomic mass is 10.2. The lowest BCUT2D eigenvalue weighted by molar-refractivity contribution is 0.614. The molecule has 0 fully saturated rings. The topological polar surface area (TPSA) is 28.2 Å². The van der Waals surface area contributed by atoms with Crippen molar-refractivity contribution < 1.29 is 0 Å². The number of anilines is 1. The molecule has 0 bridgehead atoms. The monoisotopic (exact) mass is 297 g/mol. The summed E-state index contributed by atoms with van der Waals surface area (Å²) in [6.45, 7) is 11.0. The van der Waals surface area contributed by atoms with E-state index in [1.54, 1.807) is 0 Å². The Hall–Kier alpha value is -0.610. The van der Waals surface area contributed by atoms with E-state index in [-0.39, 0.29) is 0 Å². The predicted octanol–water partition coefficient (Wildman–Crippen LogP) is 4.22. The first-order valence-corrected chi connectivity index (χ1v) is 8.87. The van der Waals surface area contributed by atoms with E-state index in [0.717, 1.165) is 25.9 Å². The highest BCUT2D eigenvalue weighted by Crippen LogP contribution is 2.28. The molecule has 3 nitrogen and oxygen atoms in total. The summed E-state index contributed by atoms with van der Waals surface area (Å²) in [6, 6.07) is 0.567. The third-order valence-corrected chi connectivity index (χ3v) is 4.82. The third-order valence-electron chi connectivity index (χ3n) is 3.64. The van der Waals surface area contributed by atoms with Gasteiger partial charge in [0.25, 0.3) is 0 Å². The quantitative estimate of drug-likeness (QED) is 0.655. The van der Waals surface area contributed by atoms with Crippen LogP contribution in [0.3, 0.4) is 0 Å². The van der Waals surface area contributed by atoms with Gasteiger partial charge in [0.2, 0.25) is 0 Å². The summed E-state index contributed by atoms with van der Waals surface area (Å²) in [7, 11) is 2.18. The van der Waals surface area contributed by atoms with Crippen molar-refractivity contribution in [3.05, 3.63) is 10.6 Å². The molecule has 0 saturated carbocycles. The van der Waals surface area contributed by atoms with Gasteiger partial charge < -0.3 is 10.2 Å². The van der Waals surface area contributed by atoms with Gasteiger partial charge in [-0.1, -0.05) is 33.6 Å². The van der Waals surface area contributed by atoms with Crippen LogP contribution >= 0.6 is 11.3 Å². The van der Waals surface area contributed by atoms with Gasteiger partial charge in [-0.25, -0.2) is 4.98 Å². The van der Waals surface area contributed by atoms with Gasteiger partial charge in [0.15, 0.2) is 5.13 Å². The van der Waals surface area contributed by atoms with Crippen LogP contribution in [-0.4, -0.2) is 24.6 Å². The second-order valence-corrected chi connectivity index (χ2v) is 6.60. The van der Waals surface area contributed by atoms with Crippen molar-refractivity contribution in [1.29, 1.82) is 0 Å². The molecule has 4 heteroatoms. The summed E-state index contributed by atoms with van der Waals surface area (Å²) in [6.07, 6.45) is 5.89. The van der Waals surface area contributed by atoms with Crippen LogP contribution in [0.4, 0.5) is 5.13 Å². The van der Waals surface area contributed by atoms with E-state index in [0.29, 0.717) is 6.04 Å². The second-order valence-electron chi connectivity index (χ2n) is 5.54. The molecule has 1 unspecified atom stereocenters. The lowest BCUT2D eigenvalue weighted by Crippen LogP contribution is -2.28. The molecule has 0 spiro atoms. The summed E-state index contributed by atoms with van der Waals surface area (Å²) in [5, 5.41) is 4.69. The zero-order chi connectivity index (χ0) is 15.0. The zero-order valence-corrected chi connectivity index (χ0v) is 14.6. The van der Waals surface area contributed by atoms with Crippen LogP contribution in [0.1, 0.15) is 63.9 Å². The van der Waals surface area contributed by atoms with Crippen LogP contribution in [0.25, 0.3) is 0 Å². The standard InChI is InChI=1S/C16H31N3S/c1-6-9-13(4)19(5)16-18-14(10-7-2)15(20-16)12-17-11-8-3/h13,17H,6-12H2,1-5H3. The molecule has 1 rings (SSSR count). The van der Waals surface area contributed by atoms with Gasteiger partial charge in [0, 0.05) is 24.5 Å². The molecule has 0 aliphatic carbocycles. The number of nitrogens with zero attached hydrogens (tertiary/aromatic N) is 2. The normalized spacial score (nSPS) is 12.7. The van der Waals surface area contributed by atoms with Crippen molar-refractivity contribution in [3.63, 3.8) is 0 Å². The number of aromatic nitrogens is 1. The van der Waals surface area contributed by atoms with Crippen LogP contribution in [0, 0.1) is 0 Å². The molecule has 0 radical (unpaired) electrons. The van der Waals surface area contributed by atoms with E-state index in [9.17, 15) is 0 Å². The van der Waals surface area contributed by atoms with Crippen LogP contribution < -0.4 is 10.2 Å². The molecule has 0 aliphatic heterocycles. The van der Waals surface area contributed by atoms with E-state index in [4.69, 9.17) is 4.98 Å². The fraction of sp³-hybridized carbons (Fsp3) is 0.812. The minimum atomic E-state index is 0.567. The maximum absolute atomic E-state index is 4.89. The Bertz CT molecular complexity index is 376. The zero-order valence-electron chi connectivity index (χ0n) is 13.8. The van der Waals surface area contributed by atoms with Crippen LogP contribution in [0.15, 0.2) is 0 Å². The predicted molar refractivity (Wildman–Crippen MR) is 90.9 cm³/mol. The molecule has 20 heavy (non-hydrogen) atoms. The Kier molecular flexibility index (Phi) is 8.15. The molecule has 116 valence electrons. The van der Waals surface area contributed by atoms with Gasteiger partial charge in [-0.15, -0.1) is 11.3 Å². The average molecular weight is 298 g/mol. The lowest BCUT2D eigenvalue weighted by Gasteiger charge is -2.23. The second kappa shape index (κ2) is 9.35. The molecule has 0 saturated heterocycles. The maximum atomic E-state index is 4.89. The summed E-state index contributed by atoms with van der Waals surface area (Å²) < 4.78 is 0. The first-order chi connectivity index (χ1) is 9.63. The Balaban J connectivity index is 2.78. The molecule has 0 aromatic carbocycles. The number of hydrogen-bond donors (Lipinski definition) is 1. The van der Waals surface area contributed by atoms with Gasteiger partial charge >= 0.3 is 0 Å². The molecule has 1 N–H and O–H groups in total. The van der Waals surface area contributed by atoms with E-state index in [1.165, 1.54) is 35.0 Å². The number of hydrogen-bond acceptors (Lipinski definition) is 4. The van der Waals surface area contributed by atoms with Crippen LogP contribution in [0.5, 0.6) is 0 Å². The smallest absolute Gasteiger partial charge is 0.185 e. The minimum absolute atomic E-state index is 0.567. The molecule has 0 aliphatic rings. The summed E-state index contributed by atoms with van der Waals surface area (Å²) >= 11 is 1.86. The molecular formula is C16H31N3S. The first-order valence-electron chi connectivity index (χ1n) is 8.06. The first kappa shape index (κ1) is 17.4. The molecule has 0 amide bonds. The van der Waals surface area contributed by atoms with Crippen LogP contribution in [-0.2, 0) is 13.0 Å². The van der Waals surface area contributed by atoms with Gasteiger partial charge in [0.1, 0.15) is 0 Å². The molecule has 1 heterocycles. The van der Waals surface area contributed by atoms with Gasteiger partial charge in [0.05, 0.1) is 5.69 Å². The third kappa shape index (κ3) is 5.06. The van der Waals surface area contributed by atoms with E-state index < -0.39 is 0 Å². The van der Waals surface area contributed by atoms with Gasteiger partial charge in [-0.3, -0.25) is 0 Å². The van der Waals surface area contributed by atoms with E-state index in [2.05, 4.69) is 45.0 Å². The average Bonchev–Trinajstić information content (AvgIpc) is 2.82. The van der Waals surface area contributed by atoms with E-state index in [1.807, 2.05) is 11.3 Å². The highest BCUT2D eigenvalue weighted by molar-refractivity contribution is 7.15. The number of aryl methyl sites for hydroxylation is 1. The van der Waals surface area contributed by atoms with Crippen LogP contribution in [0.2, 0.25) is 0 Å². The number of nitrogens with one attached hydrogen (secondary N) is 1. The van der Waals surface area contributed by atoms with Crippen molar-refractivity contribution in [3.8, 4) is 0 Å². The SMILES string of the molecule is CCCNCc1sc(N(C)C(C)CCC)nc1CCC. The van der Waals surface area contributed by atoms with Crippen molar-refractivity contribution in [2.75, 3.05) is 18.5 Å². The molecule has 1 aromatic heterocycles. The number of thiazole rings is 1. The minimum Gasteiger partial charge on any atom is -0.348 e. The fourth-order valence-corrected chi connectivity index (χ4v) is 3.41. The van der Waals surface area contributed by atoms with Gasteiger partial charge in [-0.05, 0) is 32.7 Å². The Morgan fingerprint density at radius 2 is 1.95 bits per heavy atom. The van der Waals surface area contributed by atoms with E-state index >= 15 is 0 Å². The van der Waals surface area contributed by atoms with Crippen molar-refractivity contribution in [1.82, 2.24) is 10.3 Å². The summed E-state index contributed by atoms with van der Waals surface area (Å²) in [5.41, 5.74) is 1.30. The van der Waals surface area contributed by atoms with Crippen molar-refractivity contribution in [2.45, 2.75) is 72.4 Å². The Morgan fingerprint density at radius 1 is 1.20 bits per heavy atom. The summed E-state index contributed by atoms with van der Waals surface area (Å²) in [5.74, 6) is 0. The number of rotatable bonds is 10. The largest absolute Gasteiger partial charge is 0.348 e. The molecule has 1 atom stereocenters. The molecule has 1 aromatic rings. The van der Waals surface area contributed by atoms with Gasteiger partial charge in [-0.2, -0.15) is 0 Å². The highest BCUT2D eigenvalue weighted by Gasteiger charge is 2.16. The van der Waals surface area contributed by atoms with Crippen molar-refractivity contribution >= 4 is 16.5 Å². The highest BCUT2D eigenvalue weighted by atomic mass is 32.1. The maximum Gasteiger partial charge on any atom is 0.185 e. The van der Waals surface area contributed by atoms with Crippen molar-refractivity contribution in [2.24, 2.45) is 0 Å². The summed E-state index contributed by atoms with van der Waals surface area (Å²) in [4.78, 5) is 8.65. The Morgan fingerprint density at radius 3 is 2.55 bits per heavy atom. The Labute approximate surface area is 128 Å².